The van der Waals surface area contributed by atoms with Crippen molar-refractivity contribution in [2.24, 2.45) is 5.73 Å². The van der Waals surface area contributed by atoms with E-state index in [1.54, 1.807) is 16.6 Å². The largest absolute Gasteiger partial charge is 0.324 e. The molecular formula is C12H12FN5S. The Hall–Kier alpha value is -1.86. The third-order valence-electron chi connectivity index (χ3n) is 2.85. The van der Waals surface area contributed by atoms with Crippen molar-refractivity contribution < 1.29 is 4.39 Å². The molecule has 0 atom stereocenters. The van der Waals surface area contributed by atoms with E-state index in [1.807, 2.05) is 6.07 Å². The number of aryl methyl sites for hydroxylation is 2. The average Bonchev–Trinajstić information content (AvgIpc) is 2.98. The Morgan fingerprint density at radius 3 is 2.84 bits per heavy atom. The van der Waals surface area contributed by atoms with Gasteiger partial charge in [-0.2, -0.15) is 9.61 Å². The highest BCUT2D eigenvalue weighted by Crippen LogP contribution is 2.15. The minimum absolute atomic E-state index is 0.191. The second-order valence-corrected chi connectivity index (χ2v) is 5.14. The molecule has 0 bridgehead atoms. The van der Waals surface area contributed by atoms with E-state index in [-0.39, 0.29) is 5.82 Å². The van der Waals surface area contributed by atoms with Crippen molar-refractivity contribution in [2.75, 3.05) is 0 Å². The van der Waals surface area contributed by atoms with Gasteiger partial charge in [-0.05, 0) is 18.1 Å². The maximum atomic E-state index is 13.5. The molecule has 5 nitrogen and oxygen atoms in total. The van der Waals surface area contributed by atoms with Gasteiger partial charge in [-0.15, -0.1) is 10.2 Å². The summed E-state index contributed by atoms with van der Waals surface area (Å²) in [5.74, 6) is 0.540. The van der Waals surface area contributed by atoms with E-state index < -0.39 is 0 Å². The molecule has 0 saturated carbocycles. The Morgan fingerprint density at radius 1 is 1.21 bits per heavy atom. The zero-order valence-electron chi connectivity index (χ0n) is 10.1. The summed E-state index contributed by atoms with van der Waals surface area (Å²) in [7, 11) is 0. The fourth-order valence-electron chi connectivity index (χ4n) is 1.88. The van der Waals surface area contributed by atoms with Crippen LogP contribution in [-0.2, 0) is 19.4 Å². The van der Waals surface area contributed by atoms with E-state index in [4.69, 9.17) is 5.73 Å². The first-order valence-electron chi connectivity index (χ1n) is 5.91. The number of hydrogen-bond acceptors (Lipinski definition) is 5. The van der Waals surface area contributed by atoms with Gasteiger partial charge in [-0.3, -0.25) is 0 Å². The summed E-state index contributed by atoms with van der Waals surface area (Å²) in [5, 5.41) is 13.2. The quantitative estimate of drug-likeness (QED) is 0.786. The molecule has 0 spiro atoms. The molecule has 98 valence electrons. The summed E-state index contributed by atoms with van der Waals surface area (Å²) in [6.07, 6.45) is 1.17. The normalized spacial score (nSPS) is 11.3. The second kappa shape index (κ2) is 5.02. The van der Waals surface area contributed by atoms with Gasteiger partial charge in [0.05, 0.1) is 0 Å². The number of nitrogens with two attached hydrogens (primary N) is 1. The Labute approximate surface area is 112 Å². The third-order valence-corrected chi connectivity index (χ3v) is 3.77. The van der Waals surface area contributed by atoms with Crippen molar-refractivity contribution in [1.29, 1.82) is 0 Å². The van der Waals surface area contributed by atoms with Crippen LogP contribution in [0.25, 0.3) is 4.96 Å². The zero-order chi connectivity index (χ0) is 13.2. The van der Waals surface area contributed by atoms with Gasteiger partial charge in [0, 0.05) is 13.0 Å². The van der Waals surface area contributed by atoms with Crippen LogP contribution in [0.3, 0.4) is 0 Å². The Kier molecular flexibility index (Phi) is 3.22. The van der Waals surface area contributed by atoms with Crippen LogP contribution in [-0.4, -0.2) is 19.8 Å². The fourth-order valence-corrected chi connectivity index (χ4v) is 2.61. The maximum Gasteiger partial charge on any atom is 0.234 e. The van der Waals surface area contributed by atoms with Crippen LogP contribution in [0.1, 0.15) is 16.4 Å². The van der Waals surface area contributed by atoms with E-state index >= 15 is 0 Å². The molecule has 3 aromatic rings. The highest BCUT2D eigenvalue weighted by atomic mass is 32.1. The van der Waals surface area contributed by atoms with Gasteiger partial charge >= 0.3 is 0 Å². The molecule has 0 aliphatic rings. The molecule has 2 heterocycles. The van der Waals surface area contributed by atoms with E-state index in [0.29, 0.717) is 24.9 Å². The van der Waals surface area contributed by atoms with Crippen LogP contribution in [0, 0.1) is 5.82 Å². The topological polar surface area (TPSA) is 69.1 Å². The molecule has 0 amide bonds. The van der Waals surface area contributed by atoms with E-state index in [1.165, 1.54) is 17.4 Å². The summed E-state index contributed by atoms with van der Waals surface area (Å²) in [4.78, 5) is 0.726. The van der Waals surface area contributed by atoms with Crippen molar-refractivity contribution in [3.63, 3.8) is 0 Å². The predicted octanol–water partition coefficient (Wildman–Crippen LogP) is 1.57. The molecule has 0 radical (unpaired) electrons. The van der Waals surface area contributed by atoms with Crippen LogP contribution < -0.4 is 5.73 Å². The maximum absolute atomic E-state index is 13.5. The van der Waals surface area contributed by atoms with Crippen molar-refractivity contribution in [3.05, 3.63) is 46.5 Å². The summed E-state index contributed by atoms with van der Waals surface area (Å²) in [6, 6.07) is 6.75. The monoisotopic (exact) mass is 277 g/mol. The number of halogens is 1. The minimum atomic E-state index is -0.191. The fraction of sp³-hybridized carbons (Fsp3) is 0.250. The lowest BCUT2D eigenvalue weighted by molar-refractivity contribution is 0.606. The van der Waals surface area contributed by atoms with Gasteiger partial charge < -0.3 is 5.73 Å². The highest BCUT2D eigenvalue weighted by molar-refractivity contribution is 7.16. The first-order valence-corrected chi connectivity index (χ1v) is 6.73. The van der Waals surface area contributed by atoms with Crippen LogP contribution in [0.4, 0.5) is 4.39 Å². The van der Waals surface area contributed by atoms with Crippen LogP contribution in [0.2, 0.25) is 0 Å². The number of fused-ring (bicyclic) bond motifs is 1. The SMILES string of the molecule is NCc1nn2c(CCc3ccccc3F)nnc2s1. The Bertz CT molecular complexity index is 705. The van der Waals surface area contributed by atoms with Crippen LogP contribution in [0.5, 0.6) is 0 Å². The predicted molar refractivity (Wildman–Crippen MR) is 70.4 cm³/mol. The van der Waals surface area contributed by atoms with E-state index in [0.717, 1.165) is 15.8 Å². The van der Waals surface area contributed by atoms with Crippen molar-refractivity contribution >= 4 is 16.3 Å². The number of benzene rings is 1. The van der Waals surface area contributed by atoms with Crippen LogP contribution in [0.15, 0.2) is 24.3 Å². The Morgan fingerprint density at radius 2 is 2.05 bits per heavy atom. The van der Waals surface area contributed by atoms with E-state index in [2.05, 4.69) is 15.3 Å². The number of nitrogens with zero attached hydrogens (tertiary/aromatic N) is 4. The number of aromatic nitrogens is 4. The van der Waals surface area contributed by atoms with Crippen molar-refractivity contribution in [2.45, 2.75) is 19.4 Å². The van der Waals surface area contributed by atoms with E-state index in [9.17, 15) is 4.39 Å². The van der Waals surface area contributed by atoms with Gasteiger partial charge in [-0.1, -0.05) is 29.5 Å². The second-order valence-electron chi connectivity index (χ2n) is 4.10. The van der Waals surface area contributed by atoms with Crippen molar-refractivity contribution in [3.8, 4) is 0 Å². The smallest absolute Gasteiger partial charge is 0.234 e. The number of rotatable bonds is 4. The summed E-state index contributed by atoms with van der Waals surface area (Å²) in [6.45, 7) is 0.390. The molecule has 1 aromatic carbocycles. The van der Waals surface area contributed by atoms with Crippen LogP contribution >= 0.6 is 11.3 Å². The Balaban J connectivity index is 1.82. The number of hydrogen-bond donors (Lipinski definition) is 1. The molecule has 19 heavy (non-hydrogen) atoms. The average molecular weight is 277 g/mol. The lowest BCUT2D eigenvalue weighted by atomic mass is 10.1. The first kappa shape index (κ1) is 12.2. The first-order chi connectivity index (χ1) is 9.28. The van der Waals surface area contributed by atoms with Gasteiger partial charge in [0.2, 0.25) is 4.96 Å². The molecule has 0 aliphatic heterocycles. The summed E-state index contributed by atoms with van der Waals surface area (Å²) >= 11 is 1.42. The molecule has 0 aliphatic carbocycles. The highest BCUT2D eigenvalue weighted by Gasteiger charge is 2.11. The van der Waals surface area contributed by atoms with Crippen molar-refractivity contribution in [1.82, 2.24) is 19.8 Å². The summed E-state index contributed by atoms with van der Waals surface area (Å²) < 4.78 is 15.2. The lowest BCUT2D eigenvalue weighted by Crippen LogP contribution is -2.02. The summed E-state index contributed by atoms with van der Waals surface area (Å²) in [5.41, 5.74) is 6.22. The molecule has 0 unspecified atom stereocenters. The van der Waals surface area contributed by atoms with Gasteiger partial charge in [-0.25, -0.2) is 4.39 Å². The molecule has 0 fully saturated rings. The molecule has 2 N–H and O–H groups in total. The molecule has 7 heteroatoms. The molecule has 0 saturated heterocycles. The lowest BCUT2D eigenvalue weighted by Gasteiger charge is -2.00. The molecule has 3 rings (SSSR count). The van der Waals surface area contributed by atoms with Gasteiger partial charge in [0.1, 0.15) is 10.8 Å². The van der Waals surface area contributed by atoms with Gasteiger partial charge in [0.25, 0.3) is 0 Å². The van der Waals surface area contributed by atoms with Gasteiger partial charge in [0.15, 0.2) is 5.82 Å². The molecular weight excluding hydrogens is 265 g/mol. The molecule has 2 aromatic heterocycles. The minimum Gasteiger partial charge on any atom is -0.324 e. The third kappa shape index (κ3) is 2.34. The zero-order valence-corrected chi connectivity index (χ0v) is 10.9. The standard InChI is InChI=1S/C12H12FN5S/c13-9-4-2-1-3-8(9)5-6-10-15-16-12-18(10)17-11(7-14)19-12/h1-4H,5-7,14H2.